The number of carbonyl (C=O) groups is 4. The molecule has 2 aliphatic rings. The molecule has 10 heteroatoms. The predicted molar refractivity (Wildman–Crippen MR) is 435 cm³/mol. The maximum atomic E-state index is 16.2. The summed E-state index contributed by atoms with van der Waals surface area (Å²) < 4.78 is 30.1. The van der Waals surface area contributed by atoms with Gasteiger partial charge in [-0.15, -0.1) is 0 Å². The van der Waals surface area contributed by atoms with E-state index in [2.05, 4.69) is 215 Å². The first-order valence-corrected chi connectivity index (χ1v) is 39.2. The fourth-order valence-electron chi connectivity index (χ4n) is 18.6. The van der Waals surface area contributed by atoms with Crippen LogP contribution in [0.2, 0.25) is 0 Å². The molecule has 105 heavy (non-hydrogen) atoms. The molecular formula is C95H120N2O8. The van der Waals surface area contributed by atoms with Gasteiger partial charge in [0.1, 0.15) is 46.0 Å². The number of unbranched alkanes of at least 4 members (excludes halogenated alkanes) is 1. The number of rotatable bonds is 27. The van der Waals surface area contributed by atoms with Crippen LogP contribution in [-0.4, -0.2) is 46.5 Å². The smallest absolute Gasteiger partial charge is 0.261 e. The zero-order valence-corrected chi connectivity index (χ0v) is 68.1. The lowest BCUT2D eigenvalue weighted by atomic mass is 9.72. The number of benzene rings is 9. The van der Waals surface area contributed by atoms with E-state index in [-0.39, 0.29) is 68.2 Å². The highest BCUT2D eigenvalue weighted by Gasteiger charge is 2.43. The monoisotopic (exact) mass is 1420 g/mol. The van der Waals surface area contributed by atoms with Crippen molar-refractivity contribution in [1.82, 2.24) is 9.80 Å². The normalized spacial score (nSPS) is 14.9. The van der Waals surface area contributed by atoms with Crippen LogP contribution in [0.5, 0.6) is 46.0 Å². The Morgan fingerprint density at radius 2 is 0.524 bits per heavy atom. The van der Waals surface area contributed by atoms with Gasteiger partial charge in [-0.25, -0.2) is 0 Å². The van der Waals surface area contributed by atoms with Gasteiger partial charge in [0.2, 0.25) is 0 Å². The summed E-state index contributed by atoms with van der Waals surface area (Å²) in [6.45, 7) is 54.4. The largest absolute Gasteiger partial charge is 0.457 e. The molecule has 2 atom stereocenters. The molecule has 0 fully saturated rings. The van der Waals surface area contributed by atoms with Gasteiger partial charge in [-0.05, 0) is 189 Å². The van der Waals surface area contributed by atoms with Crippen molar-refractivity contribution in [3.8, 4) is 46.0 Å². The van der Waals surface area contributed by atoms with Crippen LogP contribution >= 0.6 is 0 Å². The maximum Gasteiger partial charge on any atom is 0.261 e. The molecule has 2 aliphatic heterocycles. The summed E-state index contributed by atoms with van der Waals surface area (Å²) in [6, 6.07) is 40.3. The summed E-state index contributed by atoms with van der Waals surface area (Å²) >= 11 is 0. The van der Waals surface area contributed by atoms with E-state index in [1.165, 1.54) is 9.80 Å². The van der Waals surface area contributed by atoms with Crippen molar-refractivity contribution in [2.45, 2.75) is 258 Å². The Morgan fingerprint density at radius 3 is 0.724 bits per heavy atom. The summed E-state index contributed by atoms with van der Waals surface area (Å²) in [5.74, 6) is 1.65. The minimum atomic E-state index is -0.431. The SMILES string of the molecule is CCCCC(CC)CN1C(=O)c2cc(Oc3ccc(C(C)(C)CC(C)(C)C)cc3)c3c4c(Oc5ccc(C(C)(C)CC(C)(C)C)cc5)cc5c6c(cc(Oc7ccc(C(C)(C)CC(C)(C)C)cc7)c(c7c(Oc8ccc(C(C)(C)CC(C)(C)C)cc8)cc(c2c37)C1=O)c64)C(=O)N(CC(CC)CCC)C5=O. The molecule has 2 heterocycles. The number of nitrogens with zero attached hydrogens (tertiary/aromatic N) is 2. The Labute approximate surface area is 628 Å². The minimum absolute atomic E-state index is 0.0413. The number of fused-ring (bicyclic) bond motifs is 2. The van der Waals surface area contributed by atoms with Crippen LogP contribution in [0.4, 0.5) is 0 Å². The van der Waals surface area contributed by atoms with Crippen LogP contribution in [-0.2, 0) is 21.7 Å². The first-order valence-electron chi connectivity index (χ1n) is 39.2. The molecule has 10 nitrogen and oxygen atoms in total. The highest BCUT2D eigenvalue weighted by Crippen LogP contribution is 2.59. The summed E-state index contributed by atoms with van der Waals surface area (Å²) in [4.78, 5) is 67.5. The quantitative estimate of drug-likeness (QED) is 0.0284. The maximum absolute atomic E-state index is 16.2. The van der Waals surface area contributed by atoms with Gasteiger partial charge in [-0.3, -0.25) is 29.0 Å². The van der Waals surface area contributed by atoms with Gasteiger partial charge in [-0.2, -0.15) is 0 Å². The van der Waals surface area contributed by atoms with E-state index in [0.717, 1.165) is 92.9 Å². The second kappa shape index (κ2) is 28.8. The van der Waals surface area contributed by atoms with E-state index in [0.29, 0.717) is 111 Å². The average Bonchev–Trinajstić information content (AvgIpc) is 0.672. The molecule has 9 aromatic rings. The van der Waals surface area contributed by atoms with Crippen molar-refractivity contribution in [2.75, 3.05) is 13.1 Å². The Hall–Kier alpha value is -8.24. The summed E-state index contributed by atoms with van der Waals surface area (Å²) in [7, 11) is 0. The molecule has 9 aromatic carbocycles. The van der Waals surface area contributed by atoms with Crippen molar-refractivity contribution in [1.29, 1.82) is 0 Å². The molecule has 0 aliphatic carbocycles. The lowest BCUT2D eigenvalue weighted by Crippen LogP contribution is -2.43. The fraction of sp³-hybridized carbons (Fsp3) is 0.495. The molecule has 558 valence electrons. The second-order valence-corrected chi connectivity index (χ2v) is 38.6. The minimum Gasteiger partial charge on any atom is -0.457 e. The van der Waals surface area contributed by atoms with Crippen LogP contribution in [0, 0.1) is 33.5 Å². The van der Waals surface area contributed by atoms with Crippen LogP contribution in [0.3, 0.4) is 0 Å². The zero-order chi connectivity index (χ0) is 76.6. The molecule has 2 unspecified atom stereocenters. The van der Waals surface area contributed by atoms with Gasteiger partial charge < -0.3 is 18.9 Å². The molecule has 4 amide bonds. The van der Waals surface area contributed by atoms with E-state index in [1.807, 2.05) is 72.8 Å². The van der Waals surface area contributed by atoms with Gasteiger partial charge >= 0.3 is 0 Å². The Kier molecular flexibility index (Phi) is 21.4. The number of hydrogen-bond donors (Lipinski definition) is 0. The summed E-state index contributed by atoms with van der Waals surface area (Å²) in [5, 5.41) is 3.85. The number of ether oxygens (including phenoxy) is 4. The van der Waals surface area contributed by atoms with Gasteiger partial charge in [0.25, 0.3) is 23.6 Å². The second-order valence-electron chi connectivity index (χ2n) is 38.6. The molecule has 0 bridgehead atoms. The van der Waals surface area contributed by atoms with Crippen molar-refractivity contribution in [2.24, 2.45) is 33.5 Å². The van der Waals surface area contributed by atoms with Gasteiger partial charge in [0.15, 0.2) is 0 Å². The Morgan fingerprint density at radius 1 is 0.295 bits per heavy atom. The predicted octanol–water partition coefficient (Wildman–Crippen LogP) is 27.0. The topological polar surface area (TPSA) is 112 Å². The van der Waals surface area contributed by atoms with E-state index >= 15 is 19.2 Å². The molecule has 0 radical (unpaired) electrons. The van der Waals surface area contributed by atoms with Crippen LogP contribution in [0.15, 0.2) is 121 Å². The zero-order valence-electron chi connectivity index (χ0n) is 68.1. The van der Waals surface area contributed by atoms with E-state index in [9.17, 15) is 0 Å². The Bertz CT molecular complexity index is 4460. The number of hydrogen-bond acceptors (Lipinski definition) is 8. The van der Waals surface area contributed by atoms with E-state index in [1.54, 1.807) is 0 Å². The summed E-state index contributed by atoms with van der Waals surface area (Å²) in [5.41, 5.74) is 5.21. The lowest BCUT2D eigenvalue weighted by molar-refractivity contribution is 0.0565. The van der Waals surface area contributed by atoms with Gasteiger partial charge in [0.05, 0.1) is 22.3 Å². The van der Waals surface area contributed by atoms with Crippen molar-refractivity contribution < 1.29 is 38.1 Å². The van der Waals surface area contributed by atoms with Crippen molar-refractivity contribution in [3.63, 3.8) is 0 Å². The van der Waals surface area contributed by atoms with Crippen LogP contribution in [0.25, 0.3) is 43.1 Å². The third kappa shape index (κ3) is 16.4. The highest BCUT2D eigenvalue weighted by atomic mass is 16.5. The lowest BCUT2D eigenvalue weighted by Gasteiger charge is -2.34. The molecule has 11 rings (SSSR count). The molecule has 0 saturated heterocycles. The number of imide groups is 2. The molecule has 0 aromatic heterocycles. The van der Waals surface area contributed by atoms with Crippen molar-refractivity contribution in [3.05, 3.63) is 166 Å². The standard InChI is InChI=1S/C95H120N2O8/c1-25-29-31-59(28-4)53-97-86(100)70-50-74(104-66-44-36-62(37-45-66)94(21,22)56-90(11,12)13)80-78-72(102-64-40-32-60(33-41-64)92(17,18)54-88(5,6)7)48-68-76-69(85(99)96(84(68)98)52-58(27-3)30-26-2)49-73(103-65-42-34-61(35-43-65)93(19,20)55-89(8,9)10)79(82(76)78)81-75(51-71(87(97)101)77(70)83(80)81)105-67-46-38-63(39-47-67)95(23,24)57-91(14,15)16/h32-51,58-59H,25-31,52-57H2,1-24H3. The third-order valence-electron chi connectivity index (χ3n) is 22.1. The van der Waals surface area contributed by atoms with Crippen LogP contribution in [0.1, 0.15) is 300 Å². The van der Waals surface area contributed by atoms with E-state index in [4.69, 9.17) is 18.9 Å². The molecular weight excluding hydrogens is 1300 g/mol. The Balaban J connectivity index is 1.32. The first kappa shape index (κ1) is 77.8. The molecule has 0 spiro atoms. The van der Waals surface area contributed by atoms with E-state index < -0.39 is 23.6 Å². The molecule has 0 saturated carbocycles. The molecule has 0 N–H and O–H groups in total. The average molecular weight is 1420 g/mol. The van der Waals surface area contributed by atoms with Crippen LogP contribution < -0.4 is 18.9 Å². The van der Waals surface area contributed by atoms with Gasteiger partial charge in [0, 0.05) is 56.2 Å². The first-order chi connectivity index (χ1) is 49.0. The highest BCUT2D eigenvalue weighted by molar-refractivity contribution is 6.45. The van der Waals surface area contributed by atoms with Crippen molar-refractivity contribution >= 4 is 66.7 Å². The number of carbonyl (C=O) groups excluding carboxylic acids is 4. The number of amides is 4. The fourth-order valence-corrected chi connectivity index (χ4v) is 18.6. The summed E-state index contributed by atoms with van der Waals surface area (Å²) in [6.07, 6.45) is 9.78. The van der Waals surface area contributed by atoms with Gasteiger partial charge in [-0.1, -0.05) is 247 Å². The third-order valence-corrected chi connectivity index (χ3v) is 22.1.